The van der Waals surface area contributed by atoms with Gasteiger partial charge in [0, 0.05) is 18.7 Å². The molecular weight excluding hydrogens is 338 g/mol. The molecule has 0 radical (unpaired) electrons. The third kappa shape index (κ3) is 5.84. The van der Waals surface area contributed by atoms with E-state index in [1.54, 1.807) is 0 Å². The summed E-state index contributed by atoms with van der Waals surface area (Å²) in [6.45, 7) is 0.978. The van der Waals surface area contributed by atoms with E-state index in [0.717, 1.165) is 16.7 Å². The minimum absolute atomic E-state index is 0.0382. The van der Waals surface area contributed by atoms with E-state index in [1.807, 2.05) is 78.9 Å². The second-order valence-electron chi connectivity index (χ2n) is 6.41. The minimum Gasteiger partial charge on any atom is -0.489 e. The van der Waals surface area contributed by atoms with Crippen molar-refractivity contribution >= 4 is 0 Å². The van der Waals surface area contributed by atoms with Gasteiger partial charge < -0.3 is 20.3 Å². The molecule has 0 saturated carbocycles. The highest BCUT2D eigenvalue weighted by Gasteiger charge is 2.10. The maximum absolute atomic E-state index is 9.20. The molecular formula is C23H25NO3. The molecule has 3 N–H and O–H groups in total. The van der Waals surface area contributed by atoms with E-state index in [1.165, 1.54) is 0 Å². The van der Waals surface area contributed by atoms with Gasteiger partial charge in [-0.05, 0) is 35.2 Å². The number of aliphatic hydroxyl groups is 1. The monoisotopic (exact) mass is 363 g/mol. The first-order valence-electron chi connectivity index (χ1n) is 9.09. The van der Waals surface area contributed by atoms with Crippen molar-refractivity contribution in [1.82, 2.24) is 0 Å². The Labute approximate surface area is 160 Å². The van der Waals surface area contributed by atoms with Gasteiger partial charge >= 0.3 is 0 Å². The van der Waals surface area contributed by atoms with E-state index in [0.29, 0.717) is 31.1 Å². The Hall–Kier alpha value is -2.82. The summed E-state index contributed by atoms with van der Waals surface area (Å²) < 4.78 is 11.9. The highest BCUT2D eigenvalue weighted by molar-refractivity contribution is 5.40. The Bertz CT molecular complexity index is 760. The molecule has 27 heavy (non-hydrogen) atoms. The van der Waals surface area contributed by atoms with Crippen molar-refractivity contribution in [3.63, 3.8) is 0 Å². The highest BCUT2D eigenvalue weighted by Crippen LogP contribution is 2.28. The van der Waals surface area contributed by atoms with Crippen LogP contribution in [0.25, 0.3) is 0 Å². The van der Waals surface area contributed by atoms with Crippen LogP contribution >= 0.6 is 0 Å². The Morgan fingerprint density at radius 1 is 0.741 bits per heavy atom. The molecule has 140 valence electrons. The van der Waals surface area contributed by atoms with Gasteiger partial charge in [0.05, 0.1) is 0 Å². The maximum atomic E-state index is 9.20. The second-order valence-corrected chi connectivity index (χ2v) is 6.41. The molecule has 0 bridgehead atoms. The third-order valence-corrected chi connectivity index (χ3v) is 4.27. The molecule has 0 heterocycles. The molecule has 4 heteroatoms. The van der Waals surface area contributed by atoms with Crippen molar-refractivity contribution in [1.29, 1.82) is 0 Å². The molecule has 0 aliphatic rings. The number of hydrogen-bond acceptors (Lipinski definition) is 4. The van der Waals surface area contributed by atoms with Crippen molar-refractivity contribution in [3.05, 3.63) is 95.6 Å². The molecule has 0 spiro atoms. The first-order chi connectivity index (χ1) is 13.2. The van der Waals surface area contributed by atoms with E-state index in [-0.39, 0.29) is 12.6 Å². The van der Waals surface area contributed by atoms with Gasteiger partial charge in [-0.15, -0.1) is 0 Å². The quantitative estimate of drug-likeness (QED) is 0.597. The molecule has 0 amide bonds. The fraction of sp³-hybridized carbons (Fsp3) is 0.217. The number of ether oxygens (including phenoxy) is 2. The molecule has 3 rings (SSSR count). The summed E-state index contributed by atoms with van der Waals surface area (Å²) in [4.78, 5) is 0. The van der Waals surface area contributed by atoms with Crippen LogP contribution < -0.4 is 15.2 Å². The van der Waals surface area contributed by atoms with Crippen molar-refractivity contribution in [2.75, 3.05) is 6.61 Å². The number of aliphatic hydroxyl groups excluding tert-OH is 1. The molecule has 1 unspecified atom stereocenters. The molecule has 0 fully saturated rings. The molecule has 1 atom stereocenters. The predicted octanol–water partition coefficient (Wildman–Crippen LogP) is 4.23. The van der Waals surface area contributed by atoms with Crippen molar-refractivity contribution < 1.29 is 14.6 Å². The highest BCUT2D eigenvalue weighted by atomic mass is 16.5. The van der Waals surface area contributed by atoms with Crippen molar-refractivity contribution in [2.24, 2.45) is 5.73 Å². The average Bonchev–Trinajstić information content (AvgIpc) is 2.72. The molecule has 3 aromatic carbocycles. The molecule has 0 saturated heterocycles. The zero-order valence-corrected chi connectivity index (χ0v) is 15.3. The van der Waals surface area contributed by atoms with Crippen LogP contribution in [0, 0.1) is 0 Å². The Balaban J connectivity index is 1.75. The van der Waals surface area contributed by atoms with Gasteiger partial charge in [-0.25, -0.2) is 0 Å². The summed E-state index contributed by atoms with van der Waals surface area (Å²) in [6.07, 6.45) is 0.486. The fourth-order valence-corrected chi connectivity index (χ4v) is 2.76. The van der Waals surface area contributed by atoms with E-state index in [2.05, 4.69) is 0 Å². The van der Waals surface area contributed by atoms with E-state index in [9.17, 15) is 5.11 Å². The van der Waals surface area contributed by atoms with Gasteiger partial charge in [0.25, 0.3) is 0 Å². The lowest BCUT2D eigenvalue weighted by Gasteiger charge is -2.16. The van der Waals surface area contributed by atoms with Gasteiger partial charge in [0.15, 0.2) is 0 Å². The zero-order valence-electron chi connectivity index (χ0n) is 15.3. The summed E-state index contributed by atoms with van der Waals surface area (Å²) in [7, 11) is 0. The van der Waals surface area contributed by atoms with Crippen LogP contribution in [0.15, 0.2) is 78.9 Å². The molecule has 4 nitrogen and oxygen atoms in total. The van der Waals surface area contributed by atoms with Crippen LogP contribution in [-0.2, 0) is 13.2 Å². The van der Waals surface area contributed by atoms with Crippen molar-refractivity contribution in [3.8, 4) is 11.5 Å². The lowest BCUT2D eigenvalue weighted by molar-refractivity contribution is 0.274. The Kier molecular flexibility index (Phi) is 6.85. The summed E-state index contributed by atoms with van der Waals surface area (Å²) >= 11 is 0. The van der Waals surface area contributed by atoms with Gasteiger partial charge in [0.2, 0.25) is 0 Å². The number of benzene rings is 3. The second kappa shape index (κ2) is 9.76. The Morgan fingerprint density at radius 3 is 1.67 bits per heavy atom. The summed E-state index contributed by atoms with van der Waals surface area (Å²) in [5.74, 6) is 1.40. The van der Waals surface area contributed by atoms with E-state index in [4.69, 9.17) is 15.2 Å². The standard InChI is InChI=1S/C23H25NO3/c24-23(11-12-25)20-13-21(26-16-18-7-3-1-4-8-18)15-22(14-20)27-17-19-9-5-2-6-10-19/h1-10,13-15,23,25H,11-12,16-17,24H2. The van der Waals surface area contributed by atoms with Crippen molar-refractivity contribution in [2.45, 2.75) is 25.7 Å². The van der Waals surface area contributed by atoms with E-state index >= 15 is 0 Å². The molecule has 0 aliphatic heterocycles. The minimum atomic E-state index is -0.269. The van der Waals surface area contributed by atoms with E-state index < -0.39 is 0 Å². The average molecular weight is 363 g/mol. The summed E-state index contributed by atoms with van der Waals surface area (Å²) in [5.41, 5.74) is 9.26. The zero-order chi connectivity index (χ0) is 18.9. The van der Waals surface area contributed by atoms with Crippen LogP contribution in [0.1, 0.15) is 29.2 Å². The third-order valence-electron chi connectivity index (χ3n) is 4.27. The predicted molar refractivity (Wildman–Crippen MR) is 107 cm³/mol. The topological polar surface area (TPSA) is 64.7 Å². The Morgan fingerprint density at radius 2 is 1.22 bits per heavy atom. The molecule has 0 aliphatic carbocycles. The normalized spacial score (nSPS) is 11.8. The fourth-order valence-electron chi connectivity index (χ4n) is 2.76. The molecule has 0 aromatic heterocycles. The van der Waals surface area contributed by atoms with Crippen LogP contribution in [-0.4, -0.2) is 11.7 Å². The maximum Gasteiger partial charge on any atom is 0.123 e. The van der Waals surface area contributed by atoms with Gasteiger partial charge in [0.1, 0.15) is 24.7 Å². The lowest BCUT2D eigenvalue weighted by Crippen LogP contribution is -2.12. The van der Waals surface area contributed by atoms with Crippen LogP contribution in [0.2, 0.25) is 0 Å². The summed E-state index contributed by atoms with van der Waals surface area (Å²) in [5, 5.41) is 9.20. The largest absolute Gasteiger partial charge is 0.489 e. The van der Waals surface area contributed by atoms with Gasteiger partial charge in [-0.1, -0.05) is 60.7 Å². The smallest absolute Gasteiger partial charge is 0.123 e. The number of rotatable bonds is 9. The van der Waals surface area contributed by atoms with Crippen LogP contribution in [0.5, 0.6) is 11.5 Å². The van der Waals surface area contributed by atoms with Gasteiger partial charge in [-0.2, -0.15) is 0 Å². The first-order valence-corrected chi connectivity index (χ1v) is 9.09. The first kappa shape index (κ1) is 19.0. The lowest BCUT2D eigenvalue weighted by atomic mass is 10.0. The number of nitrogens with two attached hydrogens (primary N) is 1. The van der Waals surface area contributed by atoms with Crippen LogP contribution in [0.3, 0.4) is 0 Å². The van der Waals surface area contributed by atoms with Gasteiger partial charge in [-0.3, -0.25) is 0 Å². The molecule has 3 aromatic rings. The summed E-state index contributed by atoms with van der Waals surface area (Å²) in [6, 6.07) is 25.4. The van der Waals surface area contributed by atoms with Crippen LogP contribution in [0.4, 0.5) is 0 Å². The SMILES string of the molecule is NC(CCO)c1cc(OCc2ccccc2)cc(OCc2ccccc2)c1. The number of hydrogen-bond donors (Lipinski definition) is 2.